The standard InChI is InChI=1S/C29H33ClN6O2.C26H34N6O2/c1-4-36-24(12-14-32-36)29(38)35-26(25(17(2)3)20-7-5-6-8-21(20)30)27-33-22-10-9-18(16-23(22)34-27)15-19-11-13-31-28(19)37;1-3-32-22(11-13-28-32)26(34)31-23(18-7-4-16(2)5-8-18)24-29-20-9-6-17(15-21(20)30-24)14-19-10-12-27-25(19)33/h5-10,12,14,16-17,19,25-26H,4,11,13,15H2,1-3H3,(H,31,37)(H,33,34)(H,35,38);6,9,11,13,15-16,18-19,23H,3-5,7-8,10,12,14H2,1-2H3,(H,27,33)(H,29,30)(H,31,34). The van der Waals surface area contributed by atoms with Gasteiger partial charge >= 0.3 is 0 Å². The fourth-order valence-corrected chi connectivity index (χ4v) is 11.2. The lowest BCUT2D eigenvalue weighted by molar-refractivity contribution is -0.123. The van der Waals surface area contributed by atoms with Gasteiger partial charge in [0, 0.05) is 61.3 Å². The second kappa shape index (κ2) is 22.3. The molecule has 17 heteroatoms. The number of aromatic nitrogens is 8. The van der Waals surface area contributed by atoms with E-state index in [4.69, 9.17) is 21.6 Å². The van der Waals surface area contributed by atoms with Gasteiger partial charge in [0.1, 0.15) is 23.0 Å². The number of nitrogens with one attached hydrogen (secondary N) is 6. The van der Waals surface area contributed by atoms with E-state index < -0.39 is 6.04 Å². The fourth-order valence-electron chi connectivity index (χ4n) is 11.0. The maximum atomic E-state index is 13.5. The molecule has 7 aromatic rings. The first-order valence-electron chi connectivity index (χ1n) is 25.8. The van der Waals surface area contributed by atoms with Gasteiger partial charge in [-0.1, -0.05) is 75.5 Å². The van der Waals surface area contributed by atoms with E-state index in [9.17, 15) is 19.2 Å². The summed E-state index contributed by atoms with van der Waals surface area (Å²) in [7, 11) is 0. The van der Waals surface area contributed by atoms with Crippen LogP contribution in [-0.4, -0.2) is 76.2 Å². The largest absolute Gasteiger partial charge is 0.356 e. The predicted octanol–water partition coefficient (Wildman–Crippen LogP) is 8.78. The maximum absolute atomic E-state index is 13.5. The Hall–Kier alpha value is -6.81. The highest BCUT2D eigenvalue weighted by Gasteiger charge is 2.35. The number of hydrogen-bond donors (Lipinski definition) is 6. The average Bonchev–Trinajstić information content (AvgIpc) is 4.25. The molecule has 4 amide bonds. The van der Waals surface area contributed by atoms with Crippen LogP contribution in [0.4, 0.5) is 0 Å². The Bertz CT molecular complexity index is 3030. The smallest absolute Gasteiger partial charge is 0.270 e. The summed E-state index contributed by atoms with van der Waals surface area (Å²) in [5.74, 6) is 2.48. The Morgan fingerprint density at radius 2 is 1.22 bits per heavy atom. The lowest BCUT2D eigenvalue weighted by Crippen LogP contribution is -2.36. The highest BCUT2D eigenvalue weighted by molar-refractivity contribution is 6.31. The number of carbonyl (C=O) groups is 4. The summed E-state index contributed by atoms with van der Waals surface area (Å²) >= 11 is 6.68. The number of nitrogens with zero attached hydrogens (tertiary/aromatic N) is 6. The van der Waals surface area contributed by atoms with Crippen LogP contribution in [0.5, 0.6) is 0 Å². The molecule has 10 rings (SSSR count). The normalized spacial score (nSPS) is 20.2. The first kappa shape index (κ1) is 50.1. The van der Waals surface area contributed by atoms with Crippen LogP contribution in [0, 0.1) is 29.6 Å². The van der Waals surface area contributed by atoms with Crippen LogP contribution in [-0.2, 0) is 35.5 Å². The van der Waals surface area contributed by atoms with Crippen molar-refractivity contribution < 1.29 is 19.2 Å². The third-order valence-corrected chi connectivity index (χ3v) is 15.3. The molecule has 3 aliphatic rings. The molecule has 5 atom stereocenters. The summed E-state index contributed by atoms with van der Waals surface area (Å²) in [4.78, 5) is 67.7. The van der Waals surface area contributed by atoms with Crippen LogP contribution in [0.1, 0.15) is 140 Å². The molecular weight excluding hydrogens is 928 g/mol. The second-order valence-corrected chi connectivity index (χ2v) is 20.6. The van der Waals surface area contributed by atoms with Crippen molar-refractivity contribution >= 4 is 57.3 Å². The van der Waals surface area contributed by atoms with Crippen molar-refractivity contribution in [2.75, 3.05) is 13.1 Å². The van der Waals surface area contributed by atoms with E-state index in [0.29, 0.717) is 47.7 Å². The summed E-state index contributed by atoms with van der Waals surface area (Å²) in [5.41, 5.74) is 7.74. The summed E-state index contributed by atoms with van der Waals surface area (Å²) in [5, 5.41) is 21.5. The number of imidazole rings is 2. The van der Waals surface area contributed by atoms with Gasteiger partial charge in [-0.3, -0.25) is 28.5 Å². The third-order valence-electron chi connectivity index (χ3n) is 15.0. The molecular formula is C55H67ClN12O4. The van der Waals surface area contributed by atoms with Gasteiger partial charge < -0.3 is 31.2 Å². The summed E-state index contributed by atoms with van der Waals surface area (Å²) < 4.78 is 3.40. The lowest BCUT2D eigenvalue weighted by Gasteiger charge is -2.32. The Morgan fingerprint density at radius 3 is 1.74 bits per heavy atom. The number of carbonyl (C=O) groups excluding carboxylic acids is 4. The van der Waals surface area contributed by atoms with Crippen LogP contribution in [0.15, 0.2) is 85.2 Å². The van der Waals surface area contributed by atoms with E-state index in [1.165, 1.54) is 0 Å². The van der Waals surface area contributed by atoms with Crippen molar-refractivity contribution in [3.63, 3.8) is 0 Å². The average molecular weight is 996 g/mol. The molecule has 0 bridgehead atoms. The van der Waals surface area contributed by atoms with Crippen LogP contribution in [0.25, 0.3) is 22.1 Å². The highest BCUT2D eigenvalue weighted by atomic mass is 35.5. The van der Waals surface area contributed by atoms with Crippen molar-refractivity contribution in [3.8, 4) is 0 Å². The number of aromatic amines is 2. The predicted molar refractivity (Wildman–Crippen MR) is 278 cm³/mol. The molecule has 6 N–H and O–H groups in total. The molecule has 2 aliphatic heterocycles. The van der Waals surface area contributed by atoms with E-state index >= 15 is 0 Å². The zero-order valence-electron chi connectivity index (χ0n) is 41.9. The molecule has 1 saturated carbocycles. The summed E-state index contributed by atoms with van der Waals surface area (Å²) in [6.45, 7) is 13.2. The molecule has 0 radical (unpaired) electrons. The Kier molecular flexibility index (Phi) is 15.5. The van der Waals surface area contributed by atoms with E-state index in [1.807, 2.05) is 56.3 Å². The number of halogens is 1. The van der Waals surface area contributed by atoms with Gasteiger partial charge in [-0.05, 0) is 129 Å². The fraction of sp³-hybridized carbons (Fsp3) is 0.455. The van der Waals surface area contributed by atoms with Crippen molar-refractivity contribution in [1.29, 1.82) is 0 Å². The zero-order valence-corrected chi connectivity index (χ0v) is 42.6. The topological polar surface area (TPSA) is 209 Å². The molecule has 4 aromatic heterocycles. The maximum Gasteiger partial charge on any atom is 0.270 e. The number of aryl methyl sites for hydroxylation is 2. The number of rotatable bonds is 16. The minimum Gasteiger partial charge on any atom is -0.356 e. The zero-order chi connectivity index (χ0) is 50.5. The number of H-pyrrole nitrogens is 2. The minimum atomic E-state index is -0.473. The van der Waals surface area contributed by atoms with E-state index in [-0.39, 0.29) is 53.3 Å². The molecule has 1 aliphatic carbocycles. The molecule has 3 fully saturated rings. The molecule has 16 nitrogen and oxygen atoms in total. The number of benzene rings is 3. The Morgan fingerprint density at radius 1 is 0.694 bits per heavy atom. The molecule has 378 valence electrons. The van der Waals surface area contributed by atoms with Gasteiger partial charge in [0.05, 0.1) is 34.2 Å². The number of fused-ring (bicyclic) bond motifs is 2. The van der Waals surface area contributed by atoms with Crippen molar-refractivity contribution in [1.82, 2.24) is 60.8 Å². The van der Waals surface area contributed by atoms with Crippen molar-refractivity contribution in [3.05, 3.63) is 130 Å². The lowest BCUT2D eigenvalue weighted by atomic mass is 9.79. The Balaban J connectivity index is 0.000000179. The van der Waals surface area contributed by atoms with Gasteiger partial charge in [0.25, 0.3) is 11.8 Å². The molecule has 5 unspecified atom stereocenters. The highest BCUT2D eigenvalue weighted by Crippen LogP contribution is 2.41. The summed E-state index contributed by atoms with van der Waals surface area (Å²) in [6.07, 6.45) is 10.9. The number of amides is 4. The monoisotopic (exact) mass is 995 g/mol. The van der Waals surface area contributed by atoms with E-state index in [1.54, 1.807) is 33.9 Å². The van der Waals surface area contributed by atoms with Crippen LogP contribution in [0.2, 0.25) is 5.02 Å². The van der Waals surface area contributed by atoms with Crippen LogP contribution in [0.3, 0.4) is 0 Å². The van der Waals surface area contributed by atoms with Crippen molar-refractivity contribution in [2.45, 2.75) is 117 Å². The molecule has 6 heterocycles. The van der Waals surface area contributed by atoms with Gasteiger partial charge in [-0.15, -0.1) is 0 Å². The van der Waals surface area contributed by atoms with Crippen LogP contribution >= 0.6 is 11.6 Å². The molecule has 72 heavy (non-hydrogen) atoms. The van der Waals surface area contributed by atoms with Gasteiger partial charge in [0.2, 0.25) is 11.8 Å². The molecule has 2 saturated heterocycles. The summed E-state index contributed by atoms with van der Waals surface area (Å²) in [6, 6.07) is 22.8. The minimum absolute atomic E-state index is 0.00385. The van der Waals surface area contributed by atoms with E-state index in [0.717, 1.165) is 109 Å². The number of hydrogen-bond acceptors (Lipinski definition) is 8. The third kappa shape index (κ3) is 11.1. The molecule has 3 aromatic carbocycles. The van der Waals surface area contributed by atoms with Gasteiger partial charge in [-0.25, -0.2) is 9.97 Å². The van der Waals surface area contributed by atoms with Crippen molar-refractivity contribution in [2.24, 2.45) is 29.6 Å². The SMILES string of the molecule is CCn1nccc1C(=O)NC(c1nc2ccc(CC3CCNC3=O)cc2[nH]1)C(c1ccccc1Cl)C(C)C.CCn1nccc1C(=O)NC(c1nc2ccc(CC3CCNC3=O)cc2[nH]1)C1CCC(C)CC1. The Labute approximate surface area is 425 Å². The first-order valence-corrected chi connectivity index (χ1v) is 26.2. The first-order chi connectivity index (χ1) is 34.9. The van der Waals surface area contributed by atoms with Gasteiger partial charge in [0.15, 0.2) is 0 Å². The molecule has 0 spiro atoms. The van der Waals surface area contributed by atoms with E-state index in [2.05, 4.69) is 80.4 Å². The second-order valence-electron chi connectivity index (χ2n) is 20.2. The van der Waals surface area contributed by atoms with Crippen LogP contribution < -0.4 is 21.3 Å². The van der Waals surface area contributed by atoms with Gasteiger partial charge in [-0.2, -0.15) is 10.2 Å². The quantitative estimate of drug-likeness (QED) is 0.0550.